The number of rotatable bonds is 5. The molecule has 116 valence electrons. The smallest absolute Gasteiger partial charge is 0.315 e. The molecule has 1 heterocycles. The fourth-order valence-electron chi connectivity index (χ4n) is 2.23. The van der Waals surface area contributed by atoms with Crippen molar-refractivity contribution >= 4 is 12.0 Å². The van der Waals surface area contributed by atoms with Gasteiger partial charge in [-0.3, -0.25) is 4.79 Å². The van der Waals surface area contributed by atoms with E-state index in [-0.39, 0.29) is 11.4 Å². The van der Waals surface area contributed by atoms with Gasteiger partial charge in [0, 0.05) is 12.6 Å². The number of hydrogen-bond donors (Lipinski definition) is 3. The van der Waals surface area contributed by atoms with Crippen molar-refractivity contribution in [2.24, 2.45) is 11.3 Å². The average Bonchev–Trinajstić information content (AvgIpc) is 2.39. The summed E-state index contributed by atoms with van der Waals surface area (Å²) in [5.41, 5.74) is 0.130. The van der Waals surface area contributed by atoms with Crippen molar-refractivity contribution < 1.29 is 14.7 Å². The van der Waals surface area contributed by atoms with Crippen LogP contribution in [0.25, 0.3) is 0 Å². The van der Waals surface area contributed by atoms with Crippen LogP contribution in [-0.2, 0) is 4.79 Å². The number of likely N-dealkylation sites (tertiary alicyclic amines) is 1. The number of nitrogens with one attached hydrogen (secondary N) is 2. The van der Waals surface area contributed by atoms with Gasteiger partial charge in [-0.2, -0.15) is 0 Å². The molecule has 0 aromatic heterocycles. The third-order valence-electron chi connectivity index (χ3n) is 4.37. The summed E-state index contributed by atoms with van der Waals surface area (Å²) >= 11 is 0. The Morgan fingerprint density at radius 2 is 1.85 bits per heavy atom. The van der Waals surface area contributed by atoms with Crippen molar-refractivity contribution in [2.45, 2.75) is 39.7 Å². The van der Waals surface area contributed by atoms with Crippen LogP contribution in [-0.4, -0.2) is 54.7 Å². The minimum atomic E-state index is -0.903. The Balaban J connectivity index is 2.34. The quantitative estimate of drug-likeness (QED) is 0.707. The zero-order valence-corrected chi connectivity index (χ0v) is 12.9. The lowest BCUT2D eigenvalue weighted by Gasteiger charge is -2.38. The van der Waals surface area contributed by atoms with E-state index in [9.17, 15) is 9.59 Å². The van der Waals surface area contributed by atoms with Crippen LogP contribution in [0.5, 0.6) is 0 Å². The fourth-order valence-corrected chi connectivity index (χ4v) is 2.23. The number of nitrogens with zero attached hydrogens (tertiary/aromatic N) is 1. The van der Waals surface area contributed by atoms with Crippen LogP contribution in [0.4, 0.5) is 4.79 Å². The van der Waals surface area contributed by atoms with E-state index in [1.54, 1.807) is 13.8 Å². The van der Waals surface area contributed by atoms with E-state index in [1.807, 2.05) is 0 Å². The maximum Gasteiger partial charge on any atom is 0.315 e. The molecule has 0 aromatic carbocycles. The molecule has 2 atom stereocenters. The van der Waals surface area contributed by atoms with Crippen molar-refractivity contribution in [3.05, 3.63) is 0 Å². The minimum Gasteiger partial charge on any atom is -0.481 e. The zero-order chi connectivity index (χ0) is 15.3. The maximum atomic E-state index is 11.8. The van der Waals surface area contributed by atoms with Crippen molar-refractivity contribution in [3.8, 4) is 0 Å². The predicted molar refractivity (Wildman–Crippen MR) is 77.6 cm³/mol. The second kappa shape index (κ2) is 6.92. The van der Waals surface area contributed by atoms with Gasteiger partial charge in [0.1, 0.15) is 0 Å². The van der Waals surface area contributed by atoms with Gasteiger partial charge in [-0.25, -0.2) is 4.79 Å². The van der Waals surface area contributed by atoms with Crippen LogP contribution >= 0.6 is 0 Å². The van der Waals surface area contributed by atoms with E-state index in [1.165, 1.54) is 0 Å². The molecule has 0 spiro atoms. The third kappa shape index (κ3) is 5.00. The van der Waals surface area contributed by atoms with E-state index in [2.05, 4.69) is 29.5 Å². The van der Waals surface area contributed by atoms with Crippen molar-refractivity contribution in [1.82, 2.24) is 15.5 Å². The van der Waals surface area contributed by atoms with Crippen LogP contribution in [0, 0.1) is 11.3 Å². The second-order valence-electron chi connectivity index (χ2n) is 6.36. The summed E-state index contributed by atoms with van der Waals surface area (Å²) < 4.78 is 0. The van der Waals surface area contributed by atoms with E-state index in [0.29, 0.717) is 6.54 Å². The highest BCUT2D eigenvalue weighted by atomic mass is 16.4. The van der Waals surface area contributed by atoms with Crippen LogP contribution in [0.3, 0.4) is 0 Å². The Morgan fingerprint density at radius 1 is 1.30 bits per heavy atom. The summed E-state index contributed by atoms with van der Waals surface area (Å²) in [4.78, 5) is 24.9. The highest BCUT2D eigenvalue weighted by Crippen LogP contribution is 2.29. The Morgan fingerprint density at radius 3 is 2.35 bits per heavy atom. The summed E-state index contributed by atoms with van der Waals surface area (Å²) in [5, 5.41) is 14.4. The molecule has 0 radical (unpaired) electrons. The van der Waals surface area contributed by atoms with Gasteiger partial charge in [-0.15, -0.1) is 0 Å². The largest absolute Gasteiger partial charge is 0.481 e. The van der Waals surface area contributed by atoms with Gasteiger partial charge in [0.25, 0.3) is 0 Å². The molecule has 1 rings (SSSR count). The van der Waals surface area contributed by atoms with Gasteiger partial charge in [0.2, 0.25) is 0 Å². The predicted octanol–water partition coefficient (Wildman–Crippen LogP) is 1.13. The van der Waals surface area contributed by atoms with Crippen molar-refractivity contribution in [3.63, 3.8) is 0 Å². The number of carboxylic acid groups (broad SMARTS) is 1. The molecule has 6 heteroatoms. The Kier molecular flexibility index (Phi) is 5.80. The van der Waals surface area contributed by atoms with E-state index in [0.717, 1.165) is 25.9 Å². The van der Waals surface area contributed by atoms with Gasteiger partial charge in [-0.1, -0.05) is 6.92 Å². The molecule has 0 saturated carbocycles. The molecule has 3 N–H and O–H groups in total. The average molecular weight is 285 g/mol. The lowest BCUT2D eigenvalue weighted by atomic mass is 9.80. The number of carbonyl (C=O) groups is 2. The zero-order valence-electron chi connectivity index (χ0n) is 12.9. The molecule has 1 fully saturated rings. The van der Waals surface area contributed by atoms with Gasteiger partial charge in [0.05, 0.1) is 5.92 Å². The number of aliphatic carboxylic acids is 1. The summed E-state index contributed by atoms with van der Waals surface area (Å²) in [6, 6.07) is -0.677. The molecular formula is C14H27N3O3. The highest BCUT2D eigenvalue weighted by Gasteiger charge is 2.29. The number of piperidine rings is 1. The lowest BCUT2D eigenvalue weighted by molar-refractivity contribution is -0.141. The third-order valence-corrected chi connectivity index (χ3v) is 4.37. The van der Waals surface area contributed by atoms with Gasteiger partial charge in [-0.05, 0) is 52.2 Å². The fraction of sp³-hybridized carbons (Fsp3) is 0.857. The summed E-state index contributed by atoms with van der Waals surface area (Å²) in [5.74, 6) is -1.50. The van der Waals surface area contributed by atoms with Gasteiger partial charge >= 0.3 is 12.0 Å². The van der Waals surface area contributed by atoms with Crippen LogP contribution < -0.4 is 10.6 Å². The van der Waals surface area contributed by atoms with Gasteiger partial charge in [0.15, 0.2) is 0 Å². The number of carboxylic acids is 1. The normalized spacial score (nSPS) is 21.8. The van der Waals surface area contributed by atoms with E-state index >= 15 is 0 Å². The summed E-state index contributed by atoms with van der Waals surface area (Å²) in [7, 11) is 2.11. The Labute approximate surface area is 120 Å². The van der Waals surface area contributed by atoms with Crippen molar-refractivity contribution in [1.29, 1.82) is 0 Å². The van der Waals surface area contributed by atoms with Crippen LogP contribution in [0.2, 0.25) is 0 Å². The summed E-state index contributed by atoms with van der Waals surface area (Å²) in [6.45, 7) is 8.20. The van der Waals surface area contributed by atoms with E-state index in [4.69, 9.17) is 5.11 Å². The number of amides is 2. The molecule has 6 nitrogen and oxygen atoms in total. The first-order valence-electron chi connectivity index (χ1n) is 7.19. The van der Waals surface area contributed by atoms with Crippen LogP contribution in [0.15, 0.2) is 0 Å². The highest BCUT2D eigenvalue weighted by molar-refractivity contribution is 5.76. The Bertz CT molecular complexity index is 352. The van der Waals surface area contributed by atoms with Crippen molar-refractivity contribution in [2.75, 3.05) is 26.7 Å². The molecule has 2 unspecified atom stereocenters. The van der Waals surface area contributed by atoms with Gasteiger partial charge < -0.3 is 20.6 Å². The minimum absolute atomic E-state index is 0.130. The first kappa shape index (κ1) is 16.8. The first-order chi connectivity index (χ1) is 9.23. The maximum absolute atomic E-state index is 11.8. The summed E-state index contributed by atoms with van der Waals surface area (Å²) in [6.07, 6.45) is 2.12. The monoisotopic (exact) mass is 285 g/mol. The molecule has 2 amide bonds. The SMILES string of the molecule is CC(NC(=O)NCC1(C)CCN(C)CC1)C(C)C(=O)O. The molecular weight excluding hydrogens is 258 g/mol. The standard InChI is InChI=1S/C14H27N3O3/c1-10(12(18)19)11(2)16-13(20)15-9-14(3)5-7-17(4)8-6-14/h10-11H,5-9H2,1-4H3,(H,18,19)(H2,15,16,20). The number of urea groups is 1. The molecule has 1 aliphatic rings. The lowest BCUT2D eigenvalue weighted by Crippen LogP contribution is -2.49. The molecule has 1 saturated heterocycles. The topological polar surface area (TPSA) is 81.7 Å². The Hall–Kier alpha value is -1.30. The number of hydrogen-bond acceptors (Lipinski definition) is 3. The van der Waals surface area contributed by atoms with E-state index < -0.39 is 17.9 Å². The van der Waals surface area contributed by atoms with Crippen LogP contribution in [0.1, 0.15) is 33.6 Å². The molecule has 1 aliphatic heterocycles. The molecule has 0 bridgehead atoms. The molecule has 0 aliphatic carbocycles. The number of carbonyl (C=O) groups excluding carboxylic acids is 1. The molecule has 0 aromatic rings. The first-order valence-corrected chi connectivity index (χ1v) is 7.19. The second-order valence-corrected chi connectivity index (χ2v) is 6.36. The molecule has 20 heavy (non-hydrogen) atoms.